The van der Waals surface area contributed by atoms with Crippen LogP contribution in [0.4, 0.5) is 0 Å². The van der Waals surface area contributed by atoms with Crippen LogP contribution in [0.15, 0.2) is 24.5 Å². The van der Waals surface area contributed by atoms with Crippen molar-refractivity contribution >= 4 is 0 Å². The molecule has 4 heteroatoms. The molecule has 1 aliphatic rings. The standard InChI is InChI=1S/C13H21N3O/c1-16(8-11-2-5-15-6-3-11)9-12-10-17-7-4-13(12)14/h2-3,5-6,12-13H,4,7-10,14H2,1H3. The van der Waals surface area contributed by atoms with Gasteiger partial charge in [0, 0.05) is 44.0 Å². The van der Waals surface area contributed by atoms with Crippen LogP contribution in [-0.4, -0.2) is 42.7 Å². The number of rotatable bonds is 4. The van der Waals surface area contributed by atoms with Gasteiger partial charge >= 0.3 is 0 Å². The third-order valence-corrected chi connectivity index (χ3v) is 3.28. The smallest absolute Gasteiger partial charge is 0.0521 e. The van der Waals surface area contributed by atoms with E-state index in [0.717, 1.165) is 32.7 Å². The van der Waals surface area contributed by atoms with Gasteiger partial charge in [0.1, 0.15) is 0 Å². The van der Waals surface area contributed by atoms with E-state index < -0.39 is 0 Å². The Kier molecular flexibility index (Phi) is 4.48. The van der Waals surface area contributed by atoms with E-state index >= 15 is 0 Å². The molecule has 2 rings (SSSR count). The Bertz CT molecular complexity index is 331. The molecule has 0 amide bonds. The van der Waals surface area contributed by atoms with Gasteiger partial charge < -0.3 is 15.4 Å². The summed E-state index contributed by atoms with van der Waals surface area (Å²) in [5, 5.41) is 0. The molecule has 17 heavy (non-hydrogen) atoms. The Labute approximate surface area is 103 Å². The SMILES string of the molecule is CN(Cc1ccncc1)CC1COCCC1N. The average Bonchev–Trinajstić information content (AvgIpc) is 2.33. The maximum atomic E-state index is 6.10. The molecule has 0 aliphatic carbocycles. The number of aromatic nitrogens is 1. The summed E-state index contributed by atoms with van der Waals surface area (Å²) in [7, 11) is 2.13. The van der Waals surface area contributed by atoms with E-state index in [0.29, 0.717) is 5.92 Å². The van der Waals surface area contributed by atoms with Crippen molar-refractivity contribution in [1.82, 2.24) is 9.88 Å². The van der Waals surface area contributed by atoms with Crippen molar-refractivity contribution in [2.45, 2.75) is 19.0 Å². The Morgan fingerprint density at radius 3 is 2.94 bits per heavy atom. The Morgan fingerprint density at radius 1 is 1.47 bits per heavy atom. The summed E-state index contributed by atoms with van der Waals surface area (Å²) >= 11 is 0. The van der Waals surface area contributed by atoms with Crippen molar-refractivity contribution in [3.8, 4) is 0 Å². The van der Waals surface area contributed by atoms with Crippen molar-refractivity contribution in [1.29, 1.82) is 0 Å². The minimum Gasteiger partial charge on any atom is -0.381 e. The number of hydrogen-bond acceptors (Lipinski definition) is 4. The predicted octanol–water partition coefficient (Wildman–Crippen LogP) is 0.877. The van der Waals surface area contributed by atoms with Crippen molar-refractivity contribution < 1.29 is 4.74 Å². The molecule has 1 saturated heterocycles. The number of hydrogen-bond donors (Lipinski definition) is 1. The molecule has 0 radical (unpaired) electrons. The van der Waals surface area contributed by atoms with E-state index in [1.165, 1.54) is 5.56 Å². The van der Waals surface area contributed by atoms with E-state index in [1.54, 1.807) is 0 Å². The normalized spacial score (nSPS) is 25.1. The zero-order valence-corrected chi connectivity index (χ0v) is 10.4. The lowest BCUT2D eigenvalue weighted by Crippen LogP contribution is -2.44. The summed E-state index contributed by atoms with van der Waals surface area (Å²) in [6.45, 7) is 3.53. The molecule has 2 atom stereocenters. The van der Waals surface area contributed by atoms with Crippen LogP contribution < -0.4 is 5.73 Å². The lowest BCUT2D eigenvalue weighted by molar-refractivity contribution is 0.0286. The highest BCUT2D eigenvalue weighted by molar-refractivity contribution is 5.09. The first-order chi connectivity index (χ1) is 8.25. The molecule has 1 aliphatic heterocycles. The summed E-state index contributed by atoms with van der Waals surface area (Å²) in [5.74, 6) is 0.454. The number of nitrogens with two attached hydrogens (primary N) is 1. The predicted molar refractivity (Wildman–Crippen MR) is 67.5 cm³/mol. The largest absolute Gasteiger partial charge is 0.381 e. The molecule has 1 aromatic rings. The summed E-state index contributed by atoms with van der Waals surface area (Å²) in [6, 6.07) is 4.38. The van der Waals surface area contributed by atoms with Crippen molar-refractivity contribution in [2.24, 2.45) is 11.7 Å². The molecule has 2 unspecified atom stereocenters. The molecule has 0 aromatic carbocycles. The lowest BCUT2D eigenvalue weighted by Gasteiger charge is -2.32. The minimum atomic E-state index is 0.281. The van der Waals surface area contributed by atoms with E-state index in [-0.39, 0.29) is 6.04 Å². The van der Waals surface area contributed by atoms with Gasteiger partial charge in [0.05, 0.1) is 6.61 Å². The highest BCUT2D eigenvalue weighted by Gasteiger charge is 2.23. The zero-order chi connectivity index (χ0) is 12.1. The first-order valence-electron chi connectivity index (χ1n) is 6.16. The molecule has 0 spiro atoms. The van der Waals surface area contributed by atoms with Gasteiger partial charge in [-0.25, -0.2) is 0 Å². The fraction of sp³-hybridized carbons (Fsp3) is 0.615. The summed E-state index contributed by atoms with van der Waals surface area (Å²) < 4.78 is 5.49. The van der Waals surface area contributed by atoms with Gasteiger partial charge in [0.25, 0.3) is 0 Å². The average molecular weight is 235 g/mol. The van der Waals surface area contributed by atoms with Crippen molar-refractivity contribution in [3.05, 3.63) is 30.1 Å². The number of ether oxygens (including phenoxy) is 1. The van der Waals surface area contributed by atoms with E-state index in [2.05, 4.69) is 16.9 Å². The Hall–Kier alpha value is -0.970. The first-order valence-corrected chi connectivity index (χ1v) is 6.16. The van der Waals surface area contributed by atoms with Crippen LogP contribution in [0.2, 0.25) is 0 Å². The minimum absolute atomic E-state index is 0.281. The van der Waals surface area contributed by atoms with Gasteiger partial charge in [-0.05, 0) is 31.2 Å². The lowest BCUT2D eigenvalue weighted by atomic mass is 9.96. The monoisotopic (exact) mass is 235 g/mol. The fourth-order valence-corrected chi connectivity index (χ4v) is 2.27. The van der Waals surface area contributed by atoms with Crippen LogP contribution in [0, 0.1) is 5.92 Å². The van der Waals surface area contributed by atoms with Gasteiger partial charge in [0.2, 0.25) is 0 Å². The Balaban J connectivity index is 1.82. The second-order valence-electron chi connectivity index (χ2n) is 4.84. The molecule has 0 bridgehead atoms. The molecule has 0 saturated carbocycles. The highest BCUT2D eigenvalue weighted by atomic mass is 16.5. The van der Waals surface area contributed by atoms with E-state index in [4.69, 9.17) is 10.5 Å². The summed E-state index contributed by atoms with van der Waals surface area (Å²) in [5.41, 5.74) is 7.39. The molecule has 4 nitrogen and oxygen atoms in total. The molecule has 1 aromatic heterocycles. The van der Waals surface area contributed by atoms with Crippen LogP contribution in [-0.2, 0) is 11.3 Å². The third-order valence-electron chi connectivity index (χ3n) is 3.28. The van der Waals surface area contributed by atoms with Crippen LogP contribution in [0.5, 0.6) is 0 Å². The topological polar surface area (TPSA) is 51.4 Å². The highest BCUT2D eigenvalue weighted by Crippen LogP contribution is 2.14. The van der Waals surface area contributed by atoms with Gasteiger partial charge in [-0.15, -0.1) is 0 Å². The number of pyridine rings is 1. The summed E-state index contributed by atoms with van der Waals surface area (Å²) in [4.78, 5) is 6.32. The zero-order valence-electron chi connectivity index (χ0n) is 10.4. The van der Waals surface area contributed by atoms with Crippen molar-refractivity contribution in [3.63, 3.8) is 0 Å². The van der Waals surface area contributed by atoms with E-state index in [1.807, 2.05) is 24.5 Å². The second-order valence-corrected chi connectivity index (χ2v) is 4.84. The third kappa shape index (κ3) is 3.77. The molecular weight excluding hydrogens is 214 g/mol. The van der Waals surface area contributed by atoms with E-state index in [9.17, 15) is 0 Å². The Morgan fingerprint density at radius 2 is 2.24 bits per heavy atom. The first kappa shape index (κ1) is 12.5. The molecule has 1 fully saturated rings. The molecule has 2 N–H and O–H groups in total. The molecule has 94 valence electrons. The number of nitrogens with zero attached hydrogens (tertiary/aromatic N) is 2. The maximum Gasteiger partial charge on any atom is 0.0521 e. The van der Waals surface area contributed by atoms with Gasteiger partial charge in [-0.1, -0.05) is 0 Å². The van der Waals surface area contributed by atoms with Crippen LogP contribution in [0.25, 0.3) is 0 Å². The van der Waals surface area contributed by atoms with Gasteiger partial charge in [-0.3, -0.25) is 4.98 Å². The van der Waals surface area contributed by atoms with Crippen LogP contribution >= 0.6 is 0 Å². The molecular formula is C13H21N3O. The van der Waals surface area contributed by atoms with Crippen LogP contribution in [0.3, 0.4) is 0 Å². The maximum absolute atomic E-state index is 6.10. The van der Waals surface area contributed by atoms with Gasteiger partial charge in [0.15, 0.2) is 0 Å². The molecule has 2 heterocycles. The second kappa shape index (κ2) is 6.10. The fourth-order valence-electron chi connectivity index (χ4n) is 2.27. The van der Waals surface area contributed by atoms with Crippen molar-refractivity contribution in [2.75, 3.05) is 26.8 Å². The summed E-state index contributed by atoms with van der Waals surface area (Å²) in [6.07, 6.45) is 4.64. The quantitative estimate of drug-likeness (QED) is 0.841. The van der Waals surface area contributed by atoms with Gasteiger partial charge in [-0.2, -0.15) is 0 Å². The van der Waals surface area contributed by atoms with Crippen LogP contribution in [0.1, 0.15) is 12.0 Å².